The molecular weight excluding hydrogens is 288 g/mol. The smallest absolute Gasteiger partial charge is 0.244 e. The van der Waals surface area contributed by atoms with E-state index in [4.69, 9.17) is 0 Å². The Morgan fingerprint density at radius 3 is 3.19 bits per heavy atom. The number of fused-ring (bicyclic) bond motifs is 1. The first-order valence-electron chi connectivity index (χ1n) is 7.31. The summed E-state index contributed by atoms with van der Waals surface area (Å²) in [5.41, 5.74) is 0. The lowest BCUT2D eigenvalue weighted by molar-refractivity contribution is -0.138. The summed E-state index contributed by atoms with van der Waals surface area (Å²) >= 11 is 1.71. The van der Waals surface area contributed by atoms with Gasteiger partial charge in [-0.05, 0) is 19.8 Å². The van der Waals surface area contributed by atoms with E-state index < -0.39 is 0 Å². The van der Waals surface area contributed by atoms with Crippen molar-refractivity contribution in [1.29, 1.82) is 0 Å². The second kappa shape index (κ2) is 5.36. The van der Waals surface area contributed by atoms with Crippen LogP contribution in [0.2, 0.25) is 0 Å². The lowest BCUT2D eigenvalue weighted by Gasteiger charge is -2.30. The summed E-state index contributed by atoms with van der Waals surface area (Å²) in [6.45, 7) is 4.06. The second-order valence-corrected chi connectivity index (χ2v) is 7.21. The van der Waals surface area contributed by atoms with Gasteiger partial charge < -0.3 is 15.2 Å². The number of carbonyl (C=O) groups is 2. The highest BCUT2D eigenvalue weighted by molar-refractivity contribution is 8.01. The Balaban J connectivity index is 1.72. The van der Waals surface area contributed by atoms with Gasteiger partial charge in [0.15, 0.2) is 0 Å². The van der Waals surface area contributed by atoms with E-state index in [1.807, 2.05) is 6.92 Å². The number of nitrogens with zero attached hydrogens (tertiary/aromatic N) is 2. The molecule has 6 nitrogen and oxygen atoms in total. The predicted molar refractivity (Wildman–Crippen MR) is 80.5 cm³/mol. The molecule has 0 bridgehead atoms. The predicted octanol–water partition coefficient (Wildman–Crippen LogP) is 1.43. The molecule has 2 aliphatic rings. The highest BCUT2D eigenvalue weighted by atomic mass is 32.2. The average Bonchev–Trinajstić information content (AvgIpc) is 3.15. The third-order valence-electron chi connectivity index (χ3n) is 4.32. The van der Waals surface area contributed by atoms with Crippen LogP contribution in [0.5, 0.6) is 0 Å². The summed E-state index contributed by atoms with van der Waals surface area (Å²) in [4.78, 5) is 33.5. The normalized spacial score (nSPS) is 29.5. The van der Waals surface area contributed by atoms with Gasteiger partial charge in [-0.2, -0.15) is 0 Å². The highest BCUT2D eigenvalue weighted by Gasteiger charge is 2.53. The first kappa shape index (κ1) is 14.4. The molecule has 7 heteroatoms. The number of hydrogen-bond acceptors (Lipinski definition) is 4. The maximum absolute atomic E-state index is 12.6. The van der Waals surface area contributed by atoms with Gasteiger partial charge in [-0.15, -0.1) is 11.8 Å². The minimum atomic E-state index is -0.362. The molecule has 1 aromatic rings. The minimum Gasteiger partial charge on any atom is -0.347 e. The van der Waals surface area contributed by atoms with Crippen molar-refractivity contribution in [2.24, 2.45) is 0 Å². The lowest BCUT2D eigenvalue weighted by atomic mass is 10.1. The van der Waals surface area contributed by atoms with Gasteiger partial charge in [0.05, 0.1) is 10.9 Å². The number of nitrogens with one attached hydrogen (secondary N) is 2. The Kier molecular flexibility index (Phi) is 3.69. The molecule has 114 valence electrons. The second-order valence-electron chi connectivity index (χ2n) is 5.71. The Bertz CT molecular complexity index is 547. The Hall–Kier alpha value is -1.50. The van der Waals surface area contributed by atoms with E-state index in [2.05, 4.69) is 22.2 Å². The molecule has 2 N–H and O–H groups in total. The van der Waals surface area contributed by atoms with Crippen LogP contribution in [0.25, 0.3) is 0 Å². The highest BCUT2D eigenvalue weighted by Crippen LogP contribution is 2.47. The molecule has 3 rings (SSSR count). The monoisotopic (exact) mass is 308 g/mol. The molecule has 0 aromatic carbocycles. The maximum Gasteiger partial charge on any atom is 0.244 e. The van der Waals surface area contributed by atoms with E-state index in [-0.39, 0.29) is 28.8 Å². The van der Waals surface area contributed by atoms with Gasteiger partial charge in [0.25, 0.3) is 0 Å². The first-order valence-corrected chi connectivity index (χ1v) is 8.29. The summed E-state index contributed by atoms with van der Waals surface area (Å²) in [6, 6.07) is -0.499. The number of amides is 2. The fraction of sp³-hybridized carbons (Fsp3) is 0.643. The van der Waals surface area contributed by atoms with Crippen LogP contribution in [0.1, 0.15) is 45.0 Å². The van der Waals surface area contributed by atoms with Gasteiger partial charge >= 0.3 is 0 Å². The van der Waals surface area contributed by atoms with E-state index >= 15 is 0 Å². The van der Waals surface area contributed by atoms with Crippen molar-refractivity contribution in [3.63, 3.8) is 0 Å². The summed E-state index contributed by atoms with van der Waals surface area (Å²) in [7, 11) is 0. The first-order chi connectivity index (χ1) is 10.0. The number of aromatic amines is 1. The van der Waals surface area contributed by atoms with Crippen LogP contribution in [0.3, 0.4) is 0 Å². The minimum absolute atomic E-state index is 0.0790. The van der Waals surface area contributed by atoms with Crippen molar-refractivity contribution < 1.29 is 9.59 Å². The zero-order valence-corrected chi connectivity index (χ0v) is 13.1. The van der Waals surface area contributed by atoms with Crippen molar-refractivity contribution in [2.75, 3.05) is 5.75 Å². The Labute approximate surface area is 128 Å². The quantitative estimate of drug-likeness (QED) is 0.882. The molecule has 3 atom stereocenters. The van der Waals surface area contributed by atoms with E-state index in [1.165, 1.54) is 0 Å². The van der Waals surface area contributed by atoms with Gasteiger partial charge in [-0.1, -0.05) is 6.92 Å². The van der Waals surface area contributed by atoms with Crippen LogP contribution in [0.4, 0.5) is 0 Å². The summed E-state index contributed by atoms with van der Waals surface area (Å²) < 4.78 is 0. The molecule has 2 amide bonds. The van der Waals surface area contributed by atoms with E-state index in [9.17, 15) is 9.59 Å². The van der Waals surface area contributed by atoms with Gasteiger partial charge in [-0.25, -0.2) is 4.98 Å². The molecule has 2 fully saturated rings. The average molecular weight is 308 g/mol. The Morgan fingerprint density at radius 2 is 2.52 bits per heavy atom. The summed E-state index contributed by atoms with van der Waals surface area (Å²) in [5.74, 6) is 1.44. The summed E-state index contributed by atoms with van der Waals surface area (Å²) in [6.07, 6.45) is 5.55. The van der Waals surface area contributed by atoms with Crippen LogP contribution in [0, 0.1) is 0 Å². The van der Waals surface area contributed by atoms with E-state index in [1.54, 1.807) is 29.1 Å². The third kappa shape index (κ3) is 2.43. The van der Waals surface area contributed by atoms with Gasteiger partial charge in [0.2, 0.25) is 11.8 Å². The number of aromatic nitrogens is 2. The number of hydrogen-bond donors (Lipinski definition) is 2. The summed E-state index contributed by atoms with van der Waals surface area (Å²) in [5, 5.41) is 3.02. The molecule has 1 aromatic heterocycles. The topological polar surface area (TPSA) is 78.1 Å². The number of rotatable bonds is 4. The fourth-order valence-corrected chi connectivity index (χ4v) is 4.55. The number of imidazole rings is 1. The standard InChI is InChI=1S/C14H20N4O2S/c1-3-9(12-15-6-7-16-12)17-13(20)10-8-21-14(2)5-4-11(19)18(10)14/h6-7,9-10H,3-5,8H2,1-2H3,(H,15,16)(H,17,20). The lowest BCUT2D eigenvalue weighted by Crippen LogP contribution is -2.50. The van der Waals surface area contributed by atoms with Crippen LogP contribution >= 0.6 is 11.8 Å². The zero-order valence-electron chi connectivity index (χ0n) is 12.3. The molecular formula is C14H20N4O2S. The third-order valence-corrected chi connectivity index (χ3v) is 5.83. The molecule has 0 radical (unpaired) electrons. The molecule has 2 aliphatic heterocycles. The van der Waals surface area contributed by atoms with Crippen LogP contribution in [0.15, 0.2) is 12.4 Å². The van der Waals surface area contributed by atoms with Gasteiger partial charge in [0.1, 0.15) is 11.9 Å². The van der Waals surface area contributed by atoms with Crippen LogP contribution in [-0.2, 0) is 9.59 Å². The van der Waals surface area contributed by atoms with Crippen molar-refractivity contribution in [1.82, 2.24) is 20.2 Å². The number of carbonyl (C=O) groups excluding carboxylic acids is 2. The maximum atomic E-state index is 12.6. The Morgan fingerprint density at radius 1 is 1.71 bits per heavy atom. The van der Waals surface area contributed by atoms with Crippen LogP contribution < -0.4 is 5.32 Å². The van der Waals surface area contributed by atoms with E-state index in [0.29, 0.717) is 12.2 Å². The van der Waals surface area contributed by atoms with Crippen molar-refractivity contribution in [2.45, 2.75) is 50.1 Å². The molecule has 0 aliphatic carbocycles. The number of H-pyrrole nitrogens is 1. The molecule has 0 saturated carbocycles. The molecule has 3 heterocycles. The van der Waals surface area contributed by atoms with Crippen molar-refractivity contribution >= 4 is 23.6 Å². The number of thioether (sulfide) groups is 1. The molecule has 21 heavy (non-hydrogen) atoms. The fourth-order valence-electron chi connectivity index (χ4n) is 3.11. The van der Waals surface area contributed by atoms with Crippen molar-refractivity contribution in [3.05, 3.63) is 18.2 Å². The van der Waals surface area contributed by atoms with E-state index in [0.717, 1.165) is 18.7 Å². The largest absolute Gasteiger partial charge is 0.347 e. The molecule has 3 unspecified atom stereocenters. The van der Waals surface area contributed by atoms with Gasteiger partial charge in [-0.3, -0.25) is 9.59 Å². The SMILES string of the molecule is CCC(NC(=O)C1CSC2(C)CCC(=O)N12)c1ncc[nH]1. The van der Waals surface area contributed by atoms with Crippen LogP contribution in [-0.4, -0.2) is 43.3 Å². The van der Waals surface area contributed by atoms with Gasteiger partial charge in [0, 0.05) is 24.6 Å². The zero-order chi connectivity index (χ0) is 15.0. The molecule has 2 saturated heterocycles. The molecule has 0 spiro atoms. The van der Waals surface area contributed by atoms with Crippen molar-refractivity contribution in [3.8, 4) is 0 Å².